The van der Waals surface area contributed by atoms with Crippen LogP contribution in [0.15, 0.2) is 59.0 Å². The molecule has 0 N–H and O–H groups in total. The molecule has 1 saturated carbocycles. The number of carbonyl (C=O) groups excluding carboxylic acids is 2. The molecule has 2 aromatic carbocycles. The Morgan fingerprint density at radius 3 is 2.77 bits per heavy atom. The zero-order chi connectivity index (χ0) is 21.3. The average Bonchev–Trinajstić information content (AvgIpc) is 2.72. The van der Waals surface area contributed by atoms with Crippen LogP contribution in [0, 0.1) is 19.8 Å². The maximum Gasteiger partial charge on any atom is 0.338 e. The lowest BCUT2D eigenvalue weighted by Crippen LogP contribution is -2.43. The zero-order valence-corrected chi connectivity index (χ0v) is 18.5. The summed E-state index contributed by atoms with van der Waals surface area (Å²) in [6.45, 7) is 3.92. The number of carbonyl (C=O) groups is 2. The van der Waals surface area contributed by atoms with Crippen LogP contribution in [0.3, 0.4) is 0 Å². The fourth-order valence-electron chi connectivity index (χ4n) is 3.88. The van der Waals surface area contributed by atoms with Gasteiger partial charge in [-0.3, -0.25) is 4.79 Å². The van der Waals surface area contributed by atoms with Gasteiger partial charge >= 0.3 is 5.97 Å². The number of hydrogen-bond acceptors (Lipinski definition) is 5. The van der Waals surface area contributed by atoms with Gasteiger partial charge < -0.3 is 14.2 Å². The summed E-state index contributed by atoms with van der Waals surface area (Å²) in [4.78, 5) is 25.4. The van der Waals surface area contributed by atoms with Crippen LogP contribution in [0.1, 0.15) is 40.7 Å². The average molecular weight is 471 g/mol. The molecule has 4 rings (SSSR count). The van der Waals surface area contributed by atoms with Gasteiger partial charge in [0.15, 0.2) is 0 Å². The second kappa shape index (κ2) is 8.64. The number of rotatable bonds is 4. The number of fused-ring (bicyclic) bond motifs is 1. The van der Waals surface area contributed by atoms with Crippen LogP contribution < -0.4 is 4.74 Å². The maximum absolute atomic E-state index is 13.0. The Hall–Kier alpha value is -2.60. The van der Waals surface area contributed by atoms with Crippen LogP contribution in [0.4, 0.5) is 0 Å². The predicted molar refractivity (Wildman–Crippen MR) is 115 cm³/mol. The third kappa shape index (κ3) is 4.43. The highest BCUT2D eigenvalue weighted by Crippen LogP contribution is 2.36. The summed E-state index contributed by atoms with van der Waals surface area (Å²) in [6, 6.07) is 13.0. The lowest BCUT2D eigenvalue weighted by atomic mass is 9.80. The van der Waals surface area contributed by atoms with Gasteiger partial charge in [0.25, 0.3) is 0 Å². The number of ether oxygens (including phenoxy) is 3. The lowest BCUT2D eigenvalue weighted by molar-refractivity contribution is -0.132. The van der Waals surface area contributed by atoms with E-state index in [1.165, 1.54) is 6.26 Å². The molecule has 3 atom stereocenters. The summed E-state index contributed by atoms with van der Waals surface area (Å²) in [7, 11) is 0. The van der Waals surface area contributed by atoms with Crippen molar-refractivity contribution >= 4 is 27.7 Å². The van der Waals surface area contributed by atoms with E-state index in [0.29, 0.717) is 30.6 Å². The van der Waals surface area contributed by atoms with Gasteiger partial charge in [-0.05, 0) is 62.1 Å². The topological polar surface area (TPSA) is 61.8 Å². The number of esters is 1. The summed E-state index contributed by atoms with van der Waals surface area (Å²) >= 11 is 3.36. The van der Waals surface area contributed by atoms with Crippen molar-refractivity contribution in [3.05, 3.63) is 75.6 Å². The van der Waals surface area contributed by atoms with E-state index in [1.807, 2.05) is 38.1 Å². The molecule has 0 spiro atoms. The van der Waals surface area contributed by atoms with Crippen molar-refractivity contribution in [3.8, 4) is 5.75 Å². The molecule has 2 aliphatic rings. The molecule has 5 nitrogen and oxygen atoms in total. The van der Waals surface area contributed by atoms with E-state index in [2.05, 4.69) is 15.9 Å². The molecule has 156 valence electrons. The Morgan fingerprint density at radius 2 is 1.97 bits per heavy atom. The first-order chi connectivity index (χ1) is 14.4. The Labute approximate surface area is 184 Å². The molecule has 6 heteroatoms. The molecule has 1 aliphatic heterocycles. The maximum atomic E-state index is 13.0. The van der Waals surface area contributed by atoms with Crippen LogP contribution in [-0.2, 0) is 14.3 Å². The van der Waals surface area contributed by atoms with E-state index >= 15 is 0 Å². The number of Topliss-reactive ketones (excluding diaryl/α,β-unsaturated/α-hetero) is 1. The van der Waals surface area contributed by atoms with Crippen molar-refractivity contribution in [2.75, 3.05) is 0 Å². The third-order valence-electron chi connectivity index (χ3n) is 5.57. The molecule has 30 heavy (non-hydrogen) atoms. The Morgan fingerprint density at radius 1 is 1.13 bits per heavy atom. The second-order valence-electron chi connectivity index (χ2n) is 7.85. The Balaban J connectivity index is 1.41. The van der Waals surface area contributed by atoms with Crippen LogP contribution in [0.25, 0.3) is 0 Å². The van der Waals surface area contributed by atoms with Gasteiger partial charge in [-0.15, -0.1) is 0 Å². The fourth-order valence-corrected chi connectivity index (χ4v) is 4.28. The summed E-state index contributed by atoms with van der Waals surface area (Å²) in [5.74, 6) is 0.194. The molecule has 1 fully saturated rings. The second-order valence-corrected chi connectivity index (χ2v) is 8.76. The van der Waals surface area contributed by atoms with Gasteiger partial charge in [0.1, 0.15) is 24.2 Å². The van der Waals surface area contributed by atoms with Crippen LogP contribution >= 0.6 is 15.9 Å². The van der Waals surface area contributed by atoms with E-state index in [1.54, 1.807) is 18.2 Å². The quantitative estimate of drug-likeness (QED) is 0.568. The highest BCUT2D eigenvalue weighted by molar-refractivity contribution is 9.10. The van der Waals surface area contributed by atoms with Gasteiger partial charge in [-0.25, -0.2) is 4.79 Å². The van der Waals surface area contributed by atoms with E-state index in [9.17, 15) is 9.59 Å². The molecule has 3 unspecified atom stereocenters. The van der Waals surface area contributed by atoms with Crippen molar-refractivity contribution in [2.45, 2.75) is 45.3 Å². The molecule has 1 heterocycles. The largest absolute Gasteiger partial charge is 0.493 e. The van der Waals surface area contributed by atoms with E-state index in [-0.39, 0.29) is 35.6 Å². The molecule has 0 amide bonds. The van der Waals surface area contributed by atoms with Crippen LogP contribution in [-0.4, -0.2) is 24.0 Å². The van der Waals surface area contributed by atoms with Gasteiger partial charge in [0, 0.05) is 10.9 Å². The molecule has 0 radical (unpaired) electrons. The third-order valence-corrected chi connectivity index (χ3v) is 6.06. The molecule has 0 bridgehead atoms. The Kier molecular flexibility index (Phi) is 5.95. The van der Waals surface area contributed by atoms with Crippen LogP contribution in [0.2, 0.25) is 0 Å². The first-order valence-corrected chi connectivity index (χ1v) is 10.8. The van der Waals surface area contributed by atoms with Crippen molar-refractivity contribution in [1.82, 2.24) is 0 Å². The van der Waals surface area contributed by atoms with Crippen LogP contribution in [0.5, 0.6) is 5.75 Å². The van der Waals surface area contributed by atoms with Gasteiger partial charge in [-0.2, -0.15) is 0 Å². The molecule has 2 aromatic rings. The van der Waals surface area contributed by atoms with Gasteiger partial charge in [0.05, 0.1) is 11.5 Å². The van der Waals surface area contributed by atoms with Gasteiger partial charge in [0.2, 0.25) is 11.5 Å². The number of hydrogen-bond donors (Lipinski definition) is 0. The number of benzene rings is 2. The highest BCUT2D eigenvalue weighted by Gasteiger charge is 2.42. The fraction of sp³-hybridized carbons (Fsp3) is 0.333. The highest BCUT2D eigenvalue weighted by atomic mass is 79.9. The standard InChI is InChI=1S/C24H23BrO5/c1-14-6-7-15(2)20(10-14)30-22-13-28-21-12-18(8-9-19(21)23(22)26)29-24(27)16-4-3-5-17(25)11-16/h3-7,10-11,13,18-19,21H,8-9,12H2,1-2H3. The van der Waals surface area contributed by atoms with E-state index in [0.717, 1.165) is 15.6 Å². The molecular weight excluding hydrogens is 448 g/mol. The predicted octanol–water partition coefficient (Wildman–Crippen LogP) is 5.28. The number of aryl methyl sites for hydroxylation is 2. The minimum atomic E-state index is -0.364. The van der Waals surface area contributed by atoms with E-state index in [4.69, 9.17) is 14.2 Å². The normalized spacial score (nSPS) is 23.1. The monoisotopic (exact) mass is 470 g/mol. The molecular formula is C24H23BrO5. The van der Waals surface area contributed by atoms with Gasteiger partial charge in [-0.1, -0.05) is 34.1 Å². The van der Waals surface area contributed by atoms with E-state index < -0.39 is 0 Å². The lowest BCUT2D eigenvalue weighted by Gasteiger charge is -2.36. The number of halogens is 1. The molecule has 0 aromatic heterocycles. The SMILES string of the molecule is Cc1ccc(C)c(OC2=COC3CC(OC(=O)c4cccc(Br)c4)CCC3C2=O)c1. The minimum absolute atomic E-state index is 0.0519. The number of ketones is 1. The summed E-state index contributed by atoms with van der Waals surface area (Å²) in [6.07, 6.45) is 2.52. The summed E-state index contributed by atoms with van der Waals surface area (Å²) in [5.41, 5.74) is 2.52. The van der Waals surface area contributed by atoms with Crippen molar-refractivity contribution in [1.29, 1.82) is 0 Å². The minimum Gasteiger partial charge on any atom is -0.493 e. The smallest absolute Gasteiger partial charge is 0.338 e. The number of allylic oxidation sites excluding steroid dienone is 1. The molecule has 1 aliphatic carbocycles. The first kappa shape index (κ1) is 20.7. The van der Waals surface area contributed by atoms with Crippen molar-refractivity contribution in [2.24, 2.45) is 5.92 Å². The summed E-state index contributed by atoms with van der Waals surface area (Å²) < 4.78 is 18.2. The first-order valence-electron chi connectivity index (χ1n) is 10.0. The zero-order valence-electron chi connectivity index (χ0n) is 16.9. The van der Waals surface area contributed by atoms with Crippen molar-refractivity contribution < 1.29 is 23.8 Å². The Bertz CT molecular complexity index is 1010. The molecule has 0 saturated heterocycles. The van der Waals surface area contributed by atoms with Crippen molar-refractivity contribution in [3.63, 3.8) is 0 Å². The summed E-state index contributed by atoms with van der Waals surface area (Å²) in [5, 5.41) is 0.